The molecule has 2 heterocycles. The molecular weight excluding hydrogens is 453 g/mol. The van der Waals surface area contributed by atoms with Crippen molar-refractivity contribution in [2.45, 2.75) is 38.3 Å². The van der Waals surface area contributed by atoms with Gasteiger partial charge < -0.3 is 10.6 Å². The van der Waals surface area contributed by atoms with Crippen molar-refractivity contribution in [1.82, 2.24) is 15.5 Å². The lowest BCUT2D eigenvalue weighted by Crippen LogP contribution is -2.44. The number of nitrogens with zero attached hydrogens (tertiary/aromatic N) is 1. The van der Waals surface area contributed by atoms with Crippen molar-refractivity contribution in [3.8, 4) is 0 Å². The Morgan fingerprint density at radius 2 is 1.71 bits per heavy atom. The summed E-state index contributed by atoms with van der Waals surface area (Å²) in [5.74, 6) is -1.02. The first kappa shape index (κ1) is 23.6. The first-order chi connectivity index (χ1) is 16.2. The molecule has 0 saturated carbocycles. The molecule has 8 heteroatoms. The molecule has 1 aliphatic heterocycles. The summed E-state index contributed by atoms with van der Waals surface area (Å²) >= 11 is 1.45. The molecule has 1 aliphatic rings. The van der Waals surface area contributed by atoms with Gasteiger partial charge in [0.15, 0.2) is 0 Å². The lowest BCUT2D eigenvalue weighted by molar-refractivity contribution is -0.135. The van der Waals surface area contributed by atoms with Crippen LogP contribution >= 0.6 is 11.3 Å². The van der Waals surface area contributed by atoms with Crippen molar-refractivity contribution in [3.05, 3.63) is 93.4 Å². The van der Waals surface area contributed by atoms with E-state index in [9.17, 15) is 18.8 Å². The molecule has 176 valence electrons. The Hall–Kier alpha value is -3.52. The third kappa shape index (κ3) is 4.59. The van der Waals surface area contributed by atoms with Gasteiger partial charge in [0, 0.05) is 4.88 Å². The molecular formula is C26H26FN3O3S. The number of halogens is 1. The standard InChI is InChI=1S/C26H26FN3O3S/c1-16(2)17-6-10-19(11-7-17)26(3)24(32)30(25(33)29-26)15-22(31)28-23(21-5-4-14-34-21)18-8-12-20(27)13-9-18/h4-14,16,23H,15H2,1-3H3,(H,28,31)(H,29,33). The van der Waals surface area contributed by atoms with Gasteiger partial charge in [-0.05, 0) is 53.1 Å². The van der Waals surface area contributed by atoms with Crippen LogP contribution in [-0.4, -0.2) is 29.3 Å². The maximum absolute atomic E-state index is 13.4. The molecule has 1 saturated heterocycles. The van der Waals surface area contributed by atoms with E-state index in [1.54, 1.807) is 19.1 Å². The number of carbonyl (C=O) groups is 3. The first-order valence-corrected chi connectivity index (χ1v) is 11.9. The number of thiophene rings is 1. The smallest absolute Gasteiger partial charge is 0.325 e. The fraction of sp³-hybridized carbons (Fsp3) is 0.269. The van der Waals surface area contributed by atoms with Crippen molar-refractivity contribution < 1.29 is 18.8 Å². The summed E-state index contributed by atoms with van der Waals surface area (Å²) in [4.78, 5) is 40.7. The number of hydrogen-bond acceptors (Lipinski definition) is 4. The molecule has 1 aromatic heterocycles. The van der Waals surface area contributed by atoms with E-state index in [0.717, 1.165) is 15.3 Å². The van der Waals surface area contributed by atoms with E-state index in [0.29, 0.717) is 17.0 Å². The second-order valence-corrected chi connectivity index (χ2v) is 9.77. The average Bonchev–Trinajstić information content (AvgIpc) is 3.42. The average molecular weight is 480 g/mol. The number of hydrogen-bond donors (Lipinski definition) is 2. The van der Waals surface area contributed by atoms with Crippen molar-refractivity contribution in [2.24, 2.45) is 0 Å². The van der Waals surface area contributed by atoms with Crippen LogP contribution in [0.15, 0.2) is 66.0 Å². The minimum atomic E-state index is -1.25. The number of carbonyl (C=O) groups excluding carboxylic acids is 3. The van der Waals surface area contributed by atoms with Crippen molar-refractivity contribution in [2.75, 3.05) is 6.54 Å². The van der Waals surface area contributed by atoms with Crippen LogP contribution in [0.1, 0.15) is 54.3 Å². The van der Waals surface area contributed by atoms with E-state index < -0.39 is 36.0 Å². The second kappa shape index (κ2) is 9.38. The molecule has 6 nitrogen and oxygen atoms in total. The van der Waals surface area contributed by atoms with Gasteiger partial charge in [-0.25, -0.2) is 9.18 Å². The van der Waals surface area contributed by atoms with Gasteiger partial charge in [0.2, 0.25) is 5.91 Å². The predicted octanol–water partition coefficient (Wildman–Crippen LogP) is 4.68. The van der Waals surface area contributed by atoms with Gasteiger partial charge in [-0.2, -0.15) is 0 Å². The minimum Gasteiger partial charge on any atom is -0.343 e. The third-order valence-electron chi connectivity index (χ3n) is 6.07. The lowest BCUT2D eigenvalue weighted by atomic mass is 9.90. The van der Waals surface area contributed by atoms with Gasteiger partial charge in [-0.3, -0.25) is 14.5 Å². The summed E-state index contributed by atoms with van der Waals surface area (Å²) in [5, 5.41) is 7.50. The SMILES string of the molecule is CC(C)c1ccc(C2(C)NC(=O)N(CC(=O)NC(c3ccc(F)cc3)c3cccs3)C2=O)cc1. The van der Waals surface area contributed by atoms with E-state index in [2.05, 4.69) is 24.5 Å². The summed E-state index contributed by atoms with van der Waals surface area (Å²) in [7, 11) is 0. The van der Waals surface area contributed by atoms with Crippen LogP contribution in [0.4, 0.5) is 9.18 Å². The number of nitrogens with one attached hydrogen (secondary N) is 2. The Kier molecular flexibility index (Phi) is 6.52. The summed E-state index contributed by atoms with van der Waals surface area (Å²) in [6.07, 6.45) is 0. The summed E-state index contributed by atoms with van der Waals surface area (Å²) < 4.78 is 13.4. The molecule has 0 radical (unpaired) electrons. The Bertz CT molecular complexity index is 1190. The van der Waals surface area contributed by atoms with Crippen LogP contribution < -0.4 is 10.6 Å². The molecule has 3 aromatic rings. The summed E-state index contributed by atoms with van der Waals surface area (Å²) in [6.45, 7) is 5.37. The molecule has 4 rings (SSSR count). The van der Waals surface area contributed by atoms with E-state index in [-0.39, 0.29) is 5.82 Å². The Morgan fingerprint density at radius 3 is 2.29 bits per heavy atom. The highest BCUT2D eigenvalue weighted by Crippen LogP contribution is 2.30. The topological polar surface area (TPSA) is 78.5 Å². The van der Waals surface area contributed by atoms with E-state index >= 15 is 0 Å². The molecule has 0 spiro atoms. The number of imide groups is 1. The molecule has 2 atom stereocenters. The lowest BCUT2D eigenvalue weighted by Gasteiger charge is -2.23. The van der Waals surface area contributed by atoms with Gasteiger partial charge in [-0.1, -0.05) is 56.3 Å². The normalized spacial score (nSPS) is 18.8. The van der Waals surface area contributed by atoms with Crippen LogP contribution in [0.5, 0.6) is 0 Å². The first-order valence-electron chi connectivity index (χ1n) is 11.0. The fourth-order valence-electron chi connectivity index (χ4n) is 4.02. The van der Waals surface area contributed by atoms with Crippen molar-refractivity contribution in [1.29, 1.82) is 0 Å². The largest absolute Gasteiger partial charge is 0.343 e. The molecule has 2 unspecified atom stereocenters. The zero-order valence-electron chi connectivity index (χ0n) is 19.2. The van der Waals surface area contributed by atoms with Crippen LogP contribution in [0.3, 0.4) is 0 Å². The maximum Gasteiger partial charge on any atom is 0.325 e. The molecule has 4 amide bonds. The maximum atomic E-state index is 13.4. The Morgan fingerprint density at radius 1 is 1.06 bits per heavy atom. The summed E-state index contributed by atoms with van der Waals surface area (Å²) in [6, 6.07) is 16.0. The van der Waals surface area contributed by atoms with Gasteiger partial charge in [0.1, 0.15) is 17.9 Å². The molecule has 1 fully saturated rings. The minimum absolute atomic E-state index is 0.341. The Labute approximate surface area is 201 Å². The molecule has 2 aromatic carbocycles. The second-order valence-electron chi connectivity index (χ2n) is 8.79. The number of benzene rings is 2. The number of urea groups is 1. The van der Waals surface area contributed by atoms with Crippen LogP contribution in [0.2, 0.25) is 0 Å². The zero-order chi connectivity index (χ0) is 24.5. The van der Waals surface area contributed by atoms with Crippen LogP contribution in [0.25, 0.3) is 0 Å². The van der Waals surface area contributed by atoms with Crippen LogP contribution in [-0.2, 0) is 15.1 Å². The molecule has 34 heavy (non-hydrogen) atoms. The van der Waals surface area contributed by atoms with E-state index in [1.807, 2.05) is 41.8 Å². The molecule has 2 N–H and O–H groups in total. The zero-order valence-corrected chi connectivity index (χ0v) is 20.0. The van der Waals surface area contributed by atoms with Gasteiger partial charge in [-0.15, -0.1) is 11.3 Å². The Balaban J connectivity index is 1.51. The van der Waals surface area contributed by atoms with E-state index in [1.165, 1.54) is 23.5 Å². The number of amides is 4. The van der Waals surface area contributed by atoms with Crippen LogP contribution in [0, 0.1) is 5.82 Å². The third-order valence-corrected chi connectivity index (χ3v) is 7.00. The molecule has 0 bridgehead atoms. The highest BCUT2D eigenvalue weighted by molar-refractivity contribution is 7.10. The number of rotatable bonds is 7. The highest BCUT2D eigenvalue weighted by atomic mass is 32.1. The van der Waals surface area contributed by atoms with Gasteiger partial charge >= 0.3 is 6.03 Å². The van der Waals surface area contributed by atoms with Crippen molar-refractivity contribution in [3.63, 3.8) is 0 Å². The van der Waals surface area contributed by atoms with E-state index in [4.69, 9.17) is 0 Å². The van der Waals surface area contributed by atoms with Crippen molar-refractivity contribution >= 4 is 29.2 Å². The predicted molar refractivity (Wildman–Crippen MR) is 129 cm³/mol. The quantitative estimate of drug-likeness (QED) is 0.483. The molecule has 0 aliphatic carbocycles. The monoisotopic (exact) mass is 479 g/mol. The highest BCUT2D eigenvalue weighted by Gasteiger charge is 2.49. The van der Waals surface area contributed by atoms with Gasteiger partial charge in [0.05, 0.1) is 6.04 Å². The van der Waals surface area contributed by atoms with Gasteiger partial charge in [0.25, 0.3) is 5.91 Å². The fourth-order valence-corrected chi connectivity index (χ4v) is 4.82. The summed E-state index contributed by atoms with van der Waals surface area (Å²) in [5.41, 5.74) is 1.22.